The molecule has 0 spiro atoms. The number of anilines is 1. The van der Waals surface area contributed by atoms with Gasteiger partial charge in [0.25, 0.3) is 0 Å². The zero-order valence-corrected chi connectivity index (χ0v) is 22.9. The van der Waals surface area contributed by atoms with Crippen LogP contribution in [0.25, 0.3) is 0 Å². The molecule has 3 aliphatic heterocycles. The quantitative estimate of drug-likeness (QED) is 0.497. The Balaban J connectivity index is 1.15. The first-order valence-electron chi connectivity index (χ1n) is 14.0. The van der Waals surface area contributed by atoms with Crippen LogP contribution in [0.2, 0.25) is 5.02 Å². The summed E-state index contributed by atoms with van der Waals surface area (Å²) in [5, 5.41) is 0.804. The van der Waals surface area contributed by atoms with Crippen LogP contribution in [0.15, 0.2) is 48.5 Å². The second kappa shape index (κ2) is 12.5. The summed E-state index contributed by atoms with van der Waals surface area (Å²) < 4.78 is 5.38. The van der Waals surface area contributed by atoms with Gasteiger partial charge in [0.05, 0.1) is 7.11 Å². The minimum Gasteiger partial charge on any atom is -0.497 e. The van der Waals surface area contributed by atoms with Gasteiger partial charge in [-0.2, -0.15) is 0 Å². The van der Waals surface area contributed by atoms with Crippen LogP contribution < -0.4 is 9.64 Å². The normalized spacial score (nSPS) is 23.4. The Bertz CT molecular complexity index is 1040. The van der Waals surface area contributed by atoms with Crippen molar-refractivity contribution in [1.82, 2.24) is 14.7 Å². The molecule has 37 heavy (non-hydrogen) atoms. The average Bonchev–Trinajstić information content (AvgIpc) is 3.47. The molecule has 3 fully saturated rings. The number of hydrogen-bond donors (Lipinski definition) is 0. The summed E-state index contributed by atoms with van der Waals surface area (Å²) in [7, 11) is 1.70. The summed E-state index contributed by atoms with van der Waals surface area (Å²) in [6.07, 6.45) is 5.44. The van der Waals surface area contributed by atoms with E-state index in [1.165, 1.54) is 43.6 Å². The number of likely N-dealkylation sites (tertiary alicyclic amines) is 2. The zero-order valence-electron chi connectivity index (χ0n) is 22.2. The largest absolute Gasteiger partial charge is 0.497 e. The Kier molecular flexibility index (Phi) is 8.90. The van der Waals surface area contributed by atoms with Gasteiger partial charge in [-0.25, -0.2) is 0 Å². The van der Waals surface area contributed by atoms with Crippen LogP contribution in [0, 0.1) is 5.92 Å². The number of piperazine rings is 1. The third-order valence-electron chi connectivity index (χ3n) is 8.46. The molecule has 5 rings (SSSR count). The Morgan fingerprint density at radius 3 is 2.51 bits per heavy atom. The summed E-state index contributed by atoms with van der Waals surface area (Å²) in [5.74, 6) is 1.73. The fourth-order valence-electron chi connectivity index (χ4n) is 6.46. The lowest BCUT2D eigenvalue weighted by molar-refractivity contribution is -0.132. The molecule has 0 bridgehead atoms. The maximum absolute atomic E-state index is 13.3. The lowest BCUT2D eigenvalue weighted by atomic mass is 9.86. The van der Waals surface area contributed by atoms with Gasteiger partial charge < -0.3 is 19.4 Å². The number of carbonyl (C=O) groups is 1. The molecule has 0 radical (unpaired) electrons. The molecule has 200 valence electrons. The van der Waals surface area contributed by atoms with Crippen molar-refractivity contribution in [1.29, 1.82) is 0 Å². The topological polar surface area (TPSA) is 39.3 Å². The van der Waals surface area contributed by atoms with Crippen molar-refractivity contribution in [2.45, 2.75) is 44.7 Å². The number of ether oxygens (including phenoxy) is 1. The van der Waals surface area contributed by atoms with E-state index in [0.717, 1.165) is 63.0 Å². The molecular formula is C30H41ClN4O2. The Hall–Kier alpha value is -2.28. The summed E-state index contributed by atoms with van der Waals surface area (Å²) in [5.41, 5.74) is 2.44. The number of benzene rings is 2. The smallest absolute Gasteiger partial charge is 0.222 e. The molecule has 0 aromatic heterocycles. The first-order chi connectivity index (χ1) is 18.1. The number of amides is 1. The molecular weight excluding hydrogens is 484 g/mol. The van der Waals surface area contributed by atoms with E-state index in [2.05, 4.69) is 43.9 Å². The van der Waals surface area contributed by atoms with Crippen molar-refractivity contribution >= 4 is 23.2 Å². The first-order valence-corrected chi connectivity index (χ1v) is 14.3. The summed E-state index contributed by atoms with van der Waals surface area (Å²) >= 11 is 6.24. The number of halogens is 1. The maximum Gasteiger partial charge on any atom is 0.222 e. The van der Waals surface area contributed by atoms with E-state index in [4.69, 9.17) is 16.3 Å². The van der Waals surface area contributed by atoms with Crippen molar-refractivity contribution in [3.05, 3.63) is 59.1 Å². The molecule has 2 atom stereocenters. The molecule has 0 unspecified atom stereocenters. The summed E-state index contributed by atoms with van der Waals surface area (Å²) in [6.45, 7) is 8.86. The second-order valence-electron chi connectivity index (χ2n) is 10.8. The summed E-state index contributed by atoms with van der Waals surface area (Å²) in [4.78, 5) is 23.0. The molecule has 0 aliphatic carbocycles. The van der Waals surface area contributed by atoms with Crippen LogP contribution >= 0.6 is 11.6 Å². The third kappa shape index (κ3) is 6.78. The van der Waals surface area contributed by atoms with Gasteiger partial charge in [0.1, 0.15) is 5.75 Å². The van der Waals surface area contributed by atoms with Crippen molar-refractivity contribution in [3.63, 3.8) is 0 Å². The van der Waals surface area contributed by atoms with Gasteiger partial charge in [0.15, 0.2) is 0 Å². The van der Waals surface area contributed by atoms with E-state index in [9.17, 15) is 4.79 Å². The number of nitrogens with zero attached hydrogens (tertiary/aromatic N) is 4. The van der Waals surface area contributed by atoms with E-state index in [1.807, 2.05) is 24.3 Å². The van der Waals surface area contributed by atoms with Gasteiger partial charge in [-0.3, -0.25) is 9.69 Å². The highest BCUT2D eigenvalue weighted by Crippen LogP contribution is 2.30. The van der Waals surface area contributed by atoms with Crippen molar-refractivity contribution < 1.29 is 9.53 Å². The fourth-order valence-corrected chi connectivity index (χ4v) is 6.67. The van der Waals surface area contributed by atoms with E-state index in [1.54, 1.807) is 7.11 Å². The van der Waals surface area contributed by atoms with Crippen LogP contribution in [-0.2, 0) is 11.3 Å². The van der Waals surface area contributed by atoms with Gasteiger partial charge >= 0.3 is 0 Å². The van der Waals surface area contributed by atoms with Crippen molar-refractivity contribution in [3.8, 4) is 5.75 Å². The molecule has 3 aliphatic rings. The third-order valence-corrected chi connectivity index (χ3v) is 8.70. The van der Waals surface area contributed by atoms with Crippen LogP contribution in [0.4, 0.5) is 5.69 Å². The van der Waals surface area contributed by atoms with E-state index >= 15 is 0 Å². The molecule has 0 saturated carbocycles. The highest BCUT2D eigenvalue weighted by Gasteiger charge is 2.35. The maximum atomic E-state index is 13.3. The van der Waals surface area contributed by atoms with Crippen molar-refractivity contribution in [2.75, 3.05) is 64.4 Å². The zero-order chi connectivity index (χ0) is 25.6. The van der Waals surface area contributed by atoms with Crippen molar-refractivity contribution in [2.24, 2.45) is 5.92 Å². The summed E-state index contributed by atoms with van der Waals surface area (Å²) in [6, 6.07) is 17.0. The molecule has 1 amide bonds. The highest BCUT2D eigenvalue weighted by atomic mass is 35.5. The predicted octanol–water partition coefficient (Wildman–Crippen LogP) is 4.76. The standard InChI is InChI=1S/C30H41ClN4O2/c1-37-28-9-5-8-27(21-28)33-16-18-35(19-17-33)30(36)11-10-25-23-32(22-24-6-4-7-26(31)20-24)15-12-29(25)34-13-2-3-14-34/h4-9,20-21,25,29H,2-3,10-19,22-23H2,1H3/t25-,29+/m1/s1. The van der Waals surface area contributed by atoms with Crippen LogP contribution in [0.5, 0.6) is 5.75 Å². The van der Waals surface area contributed by atoms with Gasteiger partial charge in [-0.05, 0) is 81.1 Å². The monoisotopic (exact) mass is 524 g/mol. The number of piperidine rings is 1. The number of hydrogen-bond acceptors (Lipinski definition) is 5. The molecule has 6 nitrogen and oxygen atoms in total. The molecule has 3 saturated heterocycles. The lowest BCUT2D eigenvalue weighted by Crippen LogP contribution is -2.51. The second-order valence-corrected chi connectivity index (χ2v) is 11.3. The SMILES string of the molecule is COc1cccc(N2CCN(C(=O)CC[C@@H]3CN(Cc4cccc(Cl)c4)CC[C@@H]3N3CCCC3)CC2)c1. The van der Waals surface area contributed by atoms with Gasteiger partial charge in [0.2, 0.25) is 5.91 Å². The van der Waals surface area contributed by atoms with Crippen LogP contribution in [0.1, 0.15) is 37.7 Å². The minimum absolute atomic E-state index is 0.317. The number of carbonyl (C=O) groups excluding carboxylic acids is 1. The predicted molar refractivity (Wildman–Crippen MR) is 150 cm³/mol. The Morgan fingerprint density at radius 2 is 1.76 bits per heavy atom. The molecule has 0 N–H and O–H groups in total. The van der Waals surface area contributed by atoms with E-state index in [-0.39, 0.29) is 0 Å². The first kappa shape index (κ1) is 26.3. The molecule has 2 aromatic carbocycles. The molecule has 2 aromatic rings. The Labute approximate surface area is 227 Å². The Morgan fingerprint density at radius 1 is 0.973 bits per heavy atom. The van der Waals surface area contributed by atoms with Gasteiger partial charge in [0, 0.05) is 68.5 Å². The minimum atomic E-state index is 0.317. The number of rotatable bonds is 8. The van der Waals surface area contributed by atoms with Gasteiger partial charge in [-0.15, -0.1) is 0 Å². The average molecular weight is 525 g/mol. The highest BCUT2D eigenvalue weighted by molar-refractivity contribution is 6.30. The van der Waals surface area contributed by atoms with Gasteiger partial charge in [-0.1, -0.05) is 29.8 Å². The molecule has 3 heterocycles. The molecule has 7 heteroatoms. The number of methoxy groups -OCH3 is 1. The fraction of sp³-hybridized carbons (Fsp3) is 0.567. The van der Waals surface area contributed by atoms with Crippen LogP contribution in [-0.4, -0.2) is 86.1 Å². The van der Waals surface area contributed by atoms with E-state index < -0.39 is 0 Å². The lowest BCUT2D eigenvalue weighted by Gasteiger charge is -2.43. The van der Waals surface area contributed by atoms with Crippen LogP contribution in [0.3, 0.4) is 0 Å². The van der Waals surface area contributed by atoms with E-state index in [0.29, 0.717) is 24.3 Å².